The average Bonchev–Trinajstić information content (AvgIpc) is 2.81. The molecule has 2 aromatic rings. The molecule has 0 fully saturated rings. The molecular weight excluding hydrogens is 228 g/mol. The number of H-pyrrole nitrogens is 1. The Morgan fingerprint density at radius 1 is 1.00 bits per heavy atom. The predicted molar refractivity (Wildman–Crippen MR) is 72.2 cm³/mol. The second kappa shape index (κ2) is 5.49. The summed E-state index contributed by atoms with van der Waals surface area (Å²) in [6.45, 7) is 0. The standard InChI is InChI=1S/C14H18N2O2/c1-17-13-5-10(6-14(8-13)18-2)3-4-12-7-11(15)9-16-12/h5-9,16H,3-4,15H2,1-2H3. The minimum atomic E-state index is 0.772. The zero-order valence-corrected chi connectivity index (χ0v) is 10.7. The summed E-state index contributed by atoms with van der Waals surface area (Å²) in [4.78, 5) is 3.15. The van der Waals surface area contributed by atoms with Crippen molar-refractivity contribution in [3.8, 4) is 11.5 Å². The summed E-state index contributed by atoms with van der Waals surface area (Å²) >= 11 is 0. The van der Waals surface area contributed by atoms with Gasteiger partial charge in [-0.3, -0.25) is 0 Å². The van der Waals surface area contributed by atoms with Gasteiger partial charge >= 0.3 is 0 Å². The van der Waals surface area contributed by atoms with Crippen LogP contribution in [0.15, 0.2) is 30.5 Å². The molecule has 0 saturated carbocycles. The molecule has 0 aliphatic heterocycles. The van der Waals surface area contributed by atoms with Crippen LogP contribution >= 0.6 is 0 Å². The van der Waals surface area contributed by atoms with E-state index in [0.717, 1.165) is 35.7 Å². The van der Waals surface area contributed by atoms with Gasteiger partial charge < -0.3 is 20.2 Å². The van der Waals surface area contributed by atoms with Crippen molar-refractivity contribution in [2.24, 2.45) is 0 Å². The highest BCUT2D eigenvalue weighted by Gasteiger charge is 2.03. The van der Waals surface area contributed by atoms with Gasteiger partial charge in [0, 0.05) is 23.6 Å². The second-order valence-corrected chi connectivity index (χ2v) is 4.18. The topological polar surface area (TPSA) is 60.3 Å². The van der Waals surface area contributed by atoms with Crippen LogP contribution in [0.5, 0.6) is 11.5 Å². The Labute approximate surface area is 107 Å². The molecule has 0 bridgehead atoms. The molecule has 2 rings (SSSR count). The first kappa shape index (κ1) is 12.4. The number of anilines is 1. The summed E-state index contributed by atoms with van der Waals surface area (Å²) in [5.41, 5.74) is 8.75. The van der Waals surface area contributed by atoms with Crippen LogP contribution in [-0.4, -0.2) is 19.2 Å². The van der Waals surface area contributed by atoms with Gasteiger partial charge in [-0.15, -0.1) is 0 Å². The molecule has 3 N–H and O–H groups in total. The van der Waals surface area contributed by atoms with E-state index in [0.29, 0.717) is 0 Å². The van der Waals surface area contributed by atoms with E-state index < -0.39 is 0 Å². The van der Waals surface area contributed by atoms with Gasteiger partial charge in [-0.2, -0.15) is 0 Å². The van der Waals surface area contributed by atoms with Crippen LogP contribution in [0.2, 0.25) is 0 Å². The summed E-state index contributed by atoms with van der Waals surface area (Å²) in [5.74, 6) is 1.63. The summed E-state index contributed by atoms with van der Waals surface area (Å²) in [6.07, 6.45) is 3.63. The van der Waals surface area contributed by atoms with Gasteiger partial charge in [-0.25, -0.2) is 0 Å². The van der Waals surface area contributed by atoms with E-state index in [9.17, 15) is 0 Å². The molecule has 4 nitrogen and oxygen atoms in total. The molecule has 1 heterocycles. The smallest absolute Gasteiger partial charge is 0.122 e. The molecule has 0 radical (unpaired) electrons. The van der Waals surface area contributed by atoms with E-state index in [1.165, 1.54) is 5.56 Å². The molecule has 0 aliphatic rings. The lowest BCUT2D eigenvalue weighted by Crippen LogP contribution is -1.94. The monoisotopic (exact) mass is 246 g/mol. The maximum Gasteiger partial charge on any atom is 0.122 e. The number of nitrogen functional groups attached to an aromatic ring is 1. The van der Waals surface area contributed by atoms with Crippen molar-refractivity contribution >= 4 is 5.69 Å². The number of aromatic amines is 1. The molecule has 0 aliphatic carbocycles. The highest BCUT2D eigenvalue weighted by Crippen LogP contribution is 2.23. The lowest BCUT2D eigenvalue weighted by atomic mass is 10.1. The van der Waals surface area contributed by atoms with Crippen molar-refractivity contribution in [2.75, 3.05) is 20.0 Å². The number of methoxy groups -OCH3 is 2. The van der Waals surface area contributed by atoms with Crippen LogP contribution in [0.4, 0.5) is 5.69 Å². The molecule has 0 amide bonds. The van der Waals surface area contributed by atoms with Crippen molar-refractivity contribution < 1.29 is 9.47 Å². The zero-order valence-electron chi connectivity index (χ0n) is 10.7. The van der Waals surface area contributed by atoms with Crippen LogP contribution in [0, 0.1) is 0 Å². The molecule has 96 valence electrons. The van der Waals surface area contributed by atoms with Gasteiger partial charge in [-0.05, 0) is 36.6 Å². The average molecular weight is 246 g/mol. The maximum atomic E-state index is 5.67. The van der Waals surface area contributed by atoms with Crippen LogP contribution < -0.4 is 15.2 Å². The molecule has 0 atom stereocenters. The predicted octanol–water partition coefficient (Wildman–Crippen LogP) is 2.40. The molecule has 4 heteroatoms. The minimum Gasteiger partial charge on any atom is -0.497 e. The molecule has 0 saturated heterocycles. The Kier molecular flexibility index (Phi) is 3.77. The Morgan fingerprint density at radius 3 is 2.17 bits per heavy atom. The summed E-state index contributed by atoms with van der Waals surface area (Å²) in [5, 5.41) is 0. The maximum absolute atomic E-state index is 5.67. The lowest BCUT2D eigenvalue weighted by molar-refractivity contribution is 0.393. The number of aromatic nitrogens is 1. The van der Waals surface area contributed by atoms with E-state index in [-0.39, 0.29) is 0 Å². The van der Waals surface area contributed by atoms with Gasteiger partial charge in [0.1, 0.15) is 11.5 Å². The highest BCUT2D eigenvalue weighted by molar-refractivity contribution is 5.40. The van der Waals surface area contributed by atoms with E-state index in [2.05, 4.69) is 4.98 Å². The third-order valence-corrected chi connectivity index (χ3v) is 2.86. The highest BCUT2D eigenvalue weighted by atomic mass is 16.5. The van der Waals surface area contributed by atoms with E-state index in [1.807, 2.05) is 30.5 Å². The summed E-state index contributed by atoms with van der Waals surface area (Å²) < 4.78 is 10.5. The third kappa shape index (κ3) is 2.97. The van der Waals surface area contributed by atoms with Crippen LogP contribution in [-0.2, 0) is 12.8 Å². The Hall–Kier alpha value is -2.10. The van der Waals surface area contributed by atoms with Crippen molar-refractivity contribution in [3.05, 3.63) is 41.7 Å². The van der Waals surface area contributed by atoms with E-state index >= 15 is 0 Å². The fourth-order valence-corrected chi connectivity index (χ4v) is 1.89. The molecule has 1 aromatic carbocycles. The molecule has 0 spiro atoms. The van der Waals surface area contributed by atoms with Gasteiger partial charge in [-0.1, -0.05) is 0 Å². The number of aryl methyl sites for hydroxylation is 2. The summed E-state index contributed by atoms with van der Waals surface area (Å²) in [7, 11) is 3.31. The Balaban J connectivity index is 2.08. The molecule has 1 aromatic heterocycles. The van der Waals surface area contributed by atoms with Crippen molar-refractivity contribution in [3.63, 3.8) is 0 Å². The van der Waals surface area contributed by atoms with Crippen LogP contribution in [0.3, 0.4) is 0 Å². The molecule has 18 heavy (non-hydrogen) atoms. The fraction of sp³-hybridized carbons (Fsp3) is 0.286. The Morgan fingerprint density at radius 2 is 1.67 bits per heavy atom. The Bertz CT molecular complexity index is 498. The third-order valence-electron chi connectivity index (χ3n) is 2.86. The molecule has 0 unspecified atom stereocenters. The zero-order chi connectivity index (χ0) is 13.0. The SMILES string of the molecule is COc1cc(CCc2cc(N)c[nH]2)cc(OC)c1. The quantitative estimate of drug-likeness (QED) is 0.851. The van der Waals surface area contributed by atoms with Gasteiger partial charge in [0.25, 0.3) is 0 Å². The summed E-state index contributed by atoms with van der Waals surface area (Å²) in [6, 6.07) is 7.87. The van der Waals surface area contributed by atoms with Gasteiger partial charge in [0.2, 0.25) is 0 Å². The number of benzene rings is 1. The van der Waals surface area contributed by atoms with Gasteiger partial charge in [0.15, 0.2) is 0 Å². The number of hydrogen-bond donors (Lipinski definition) is 2. The minimum absolute atomic E-state index is 0.772. The largest absolute Gasteiger partial charge is 0.497 e. The molecular formula is C14H18N2O2. The number of ether oxygens (including phenoxy) is 2. The fourth-order valence-electron chi connectivity index (χ4n) is 1.89. The van der Waals surface area contributed by atoms with E-state index in [1.54, 1.807) is 14.2 Å². The first-order valence-corrected chi connectivity index (χ1v) is 5.86. The van der Waals surface area contributed by atoms with Gasteiger partial charge in [0.05, 0.1) is 14.2 Å². The van der Waals surface area contributed by atoms with Crippen LogP contribution in [0.25, 0.3) is 0 Å². The lowest BCUT2D eigenvalue weighted by Gasteiger charge is -2.08. The van der Waals surface area contributed by atoms with Crippen molar-refractivity contribution in [2.45, 2.75) is 12.8 Å². The normalized spacial score (nSPS) is 10.3. The first-order chi connectivity index (χ1) is 8.71. The number of rotatable bonds is 5. The number of nitrogens with one attached hydrogen (secondary N) is 1. The number of nitrogens with two attached hydrogens (primary N) is 1. The van der Waals surface area contributed by atoms with E-state index in [4.69, 9.17) is 15.2 Å². The second-order valence-electron chi connectivity index (χ2n) is 4.18. The van der Waals surface area contributed by atoms with Crippen molar-refractivity contribution in [1.29, 1.82) is 0 Å². The first-order valence-electron chi connectivity index (χ1n) is 5.86. The van der Waals surface area contributed by atoms with Crippen molar-refractivity contribution in [1.82, 2.24) is 4.98 Å². The van der Waals surface area contributed by atoms with Crippen LogP contribution in [0.1, 0.15) is 11.3 Å². The number of hydrogen-bond acceptors (Lipinski definition) is 3.